The van der Waals surface area contributed by atoms with Gasteiger partial charge in [0.05, 0.1) is 10.8 Å². The predicted molar refractivity (Wildman–Crippen MR) is 127 cm³/mol. The number of allylic oxidation sites excluding steroid dienone is 2. The molecule has 0 radical (unpaired) electrons. The van der Waals surface area contributed by atoms with Gasteiger partial charge in [-0.25, -0.2) is 0 Å². The van der Waals surface area contributed by atoms with Crippen LogP contribution in [0, 0.1) is 28.4 Å². The second-order valence-electron chi connectivity index (χ2n) is 9.67. The minimum absolute atomic E-state index is 0.0531. The highest BCUT2D eigenvalue weighted by Crippen LogP contribution is 2.48. The van der Waals surface area contributed by atoms with E-state index in [1.165, 1.54) is 12.1 Å². The van der Waals surface area contributed by atoms with E-state index in [2.05, 4.69) is 5.32 Å². The average Bonchev–Trinajstić information content (AvgIpc) is 2.73. The first kappa shape index (κ1) is 22.6. The van der Waals surface area contributed by atoms with Gasteiger partial charge in [0.15, 0.2) is 5.78 Å². The number of anilines is 1. The third-order valence-electron chi connectivity index (χ3n) is 6.43. The van der Waals surface area contributed by atoms with Gasteiger partial charge in [-0.3, -0.25) is 24.7 Å². The van der Waals surface area contributed by atoms with Crippen molar-refractivity contribution in [1.82, 2.24) is 0 Å². The number of para-hydroxylation sites is 1. The van der Waals surface area contributed by atoms with Crippen molar-refractivity contribution in [1.29, 1.82) is 0 Å². The summed E-state index contributed by atoms with van der Waals surface area (Å²) in [6.45, 7) is 7.75. The number of non-ortho nitro benzene ring substituents is 1. The largest absolute Gasteiger partial charge is 0.325 e. The van der Waals surface area contributed by atoms with E-state index in [0.29, 0.717) is 41.1 Å². The van der Waals surface area contributed by atoms with Gasteiger partial charge in [0.25, 0.3) is 5.69 Å². The second kappa shape index (κ2) is 8.39. The number of aliphatic imine (C=N–C) groups is 1. The van der Waals surface area contributed by atoms with Crippen LogP contribution in [0.3, 0.4) is 0 Å². The van der Waals surface area contributed by atoms with E-state index < -0.39 is 16.8 Å². The molecule has 0 bridgehead atoms. The van der Waals surface area contributed by atoms with Gasteiger partial charge in [-0.1, -0.05) is 44.2 Å². The Morgan fingerprint density at radius 1 is 1.12 bits per heavy atom. The fourth-order valence-corrected chi connectivity index (χ4v) is 4.90. The molecule has 2 aromatic carbocycles. The third-order valence-corrected chi connectivity index (χ3v) is 6.43. The van der Waals surface area contributed by atoms with Gasteiger partial charge in [-0.15, -0.1) is 0 Å². The Morgan fingerprint density at radius 3 is 2.55 bits per heavy atom. The van der Waals surface area contributed by atoms with E-state index in [1.807, 2.05) is 45.0 Å². The normalized spacial score (nSPS) is 21.8. The molecule has 170 valence electrons. The highest BCUT2D eigenvalue weighted by Gasteiger charge is 2.45. The minimum atomic E-state index is -0.754. The van der Waals surface area contributed by atoms with Crippen LogP contribution < -0.4 is 5.32 Å². The van der Waals surface area contributed by atoms with Gasteiger partial charge in [0, 0.05) is 47.1 Å². The lowest BCUT2D eigenvalue weighted by atomic mass is 9.66. The monoisotopic (exact) mass is 445 g/mol. The Morgan fingerprint density at radius 2 is 1.85 bits per heavy atom. The summed E-state index contributed by atoms with van der Waals surface area (Å²) in [5.41, 5.74) is 3.66. The summed E-state index contributed by atoms with van der Waals surface area (Å²) in [6.07, 6.45) is 0.959. The molecule has 1 N–H and O–H groups in total. The lowest BCUT2D eigenvalue weighted by Crippen LogP contribution is -2.41. The number of Topliss-reactive ketones (excluding diaryl/α,β-unsaturated/α-hetero) is 1. The molecule has 1 unspecified atom stereocenters. The average molecular weight is 446 g/mol. The lowest BCUT2D eigenvalue weighted by molar-refractivity contribution is -0.384. The molecule has 1 heterocycles. The maximum atomic E-state index is 13.6. The highest BCUT2D eigenvalue weighted by atomic mass is 16.6. The molecule has 7 heteroatoms. The molecule has 0 aromatic heterocycles. The van der Waals surface area contributed by atoms with Gasteiger partial charge >= 0.3 is 0 Å². The number of hydrogen-bond acceptors (Lipinski definition) is 5. The SMILES string of the molecule is CC1=NC2=C(C(=O)CC(C)(C)C2)[C@H](c2cccc([N+](=O)[O-])c2)C1C(=O)Nc1ccccc1C. The van der Waals surface area contributed by atoms with Crippen LogP contribution in [0.2, 0.25) is 0 Å². The molecule has 1 aliphatic heterocycles. The summed E-state index contributed by atoms with van der Waals surface area (Å²) in [7, 11) is 0. The van der Waals surface area contributed by atoms with Gasteiger partial charge in [0.1, 0.15) is 0 Å². The molecule has 2 atom stereocenters. The van der Waals surface area contributed by atoms with Crippen molar-refractivity contribution < 1.29 is 14.5 Å². The summed E-state index contributed by atoms with van der Waals surface area (Å²) >= 11 is 0. The maximum absolute atomic E-state index is 13.6. The van der Waals surface area contributed by atoms with Crippen LogP contribution in [-0.4, -0.2) is 22.3 Å². The summed E-state index contributed by atoms with van der Waals surface area (Å²) in [5, 5.41) is 14.4. The third kappa shape index (κ3) is 4.35. The minimum Gasteiger partial charge on any atom is -0.325 e. The Bertz CT molecular complexity index is 1230. The second-order valence-corrected chi connectivity index (χ2v) is 9.67. The van der Waals surface area contributed by atoms with Crippen LogP contribution in [0.5, 0.6) is 0 Å². The number of ketones is 1. The number of nitro groups is 1. The first-order chi connectivity index (χ1) is 15.6. The zero-order valence-corrected chi connectivity index (χ0v) is 19.2. The topological polar surface area (TPSA) is 102 Å². The number of hydrogen-bond donors (Lipinski definition) is 1. The zero-order valence-electron chi connectivity index (χ0n) is 19.2. The molecule has 2 aromatic rings. The van der Waals surface area contributed by atoms with Crippen LogP contribution in [0.25, 0.3) is 0 Å². The lowest BCUT2D eigenvalue weighted by Gasteiger charge is -2.39. The van der Waals surface area contributed by atoms with E-state index in [9.17, 15) is 19.7 Å². The van der Waals surface area contributed by atoms with Crippen molar-refractivity contribution in [3.8, 4) is 0 Å². The van der Waals surface area contributed by atoms with Crippen molar-refractivity contribution in [3.63, 3.8) is 0 Å². The molecule has 1 amide bonds. The number of rotatable bonds is 4. The molecular formula is C26H27N3O4. The standard InChI is InChI=1S/C26H27N3O4/c1-15-8-5-6-11-19(15)28-25(31)22-16(2)27-20-13-26(3,4)14-21(30)24(20)23(22)17-9-7-10-18(12-17)29(32)33/h5-12,22-23H,13-14H2,1-4H3,(H,28,31)/t22?,23-/m1/s1. The molecule has 1 aliphatic carbocycles. The van der Waals surface area contributed by atoms with Gasteiger partial charge in [0.2, 0.25) is 5.91 Å². The number of carbonyl (C=O) groups is 2. The van der Waals surface area contributed by atoms with E-state index in [-0.39, 0.29) is 22.8 Å². The van der Waals surface area contributed by atoms with Crippen molar-refractivity contribution in [3.05, 3.63) is 81.0 Å². The van der Waals surface area contributed by atoms with Crippen molar-refractivity contribution in [2.24, 2.45) is 16.3 Å². The molecule has 0 spiro atoms. The Kier molecular flexibility index (Phi) is 5.74. The van der Waals surface area contributed by atoms with Crippen molar-refractivity contribution >= 4 is 28.8 Å². The van der Waals surface area contributed by atoms with Gasteiger partial charge in [-0.2, -0.15) is 0 Å². The fourth-order valence-electron chi connectivity index (χ4n) is 4.90. The van der Waals surface area contributed by atoms with E-state index in [1.54, 1.807) is 19.1 Å². The molecule has 2 aliphatic rings. The summed E-state index contributed by atoms with van der Waals surface area (Å²) in [5.74, 6) is -1.73. The number of benzene rings is 2. The van der Waals surface area contributed by atoms with Gasteiger partial charge in [-0.05, 0) is 42.9 Å². The first-order valence-corrected chi connectivity index (χ1v) is 11.0. The highest BCUT2D eigenvalue weighted by molar-refractivity contribution is 6.13. The zero-order chi connectivity index (χ0) is 23.9. The fraction of sp³-hybridized carbons (Fsp3) is 0.346. The summed E-state index contributed by atoms with van der Waals surface area (Å²) in [4.78, 5) is 42.6. The van der Waals surface area contributed by atoms with Crippen LogP contribution in [-0.2, 0) is 9.59 Å². The quantitative estimate of drug-likeness (QED) is 0.505. The molecule has 0 fully saturated rings. The first-order valence-electron chi connectivity index (χ1n) is 11.0. The predicted octanol–water partition coefficient (Wildman–Crippen LogP) is 5.36. The Balaban J connectivity index is 1.84. The Labute approximate surface area is 192 Å². The van der Waals surface area contributed by atoms with Crippen LogP contribution in [0.4, 0.5) is 11.4 Å². The molecule has 7 nitrogen and oxygen atoms in total. The van der Waals surface area contributed by atoms with Gasteiger partial charge < -0.3 is 5.32 Å². The summed E-state index contributed by atoms with van der Waals surface area (Å²) in [6, 6.07) is 13.7. The van der Waals surface area contributed by atoms with Crippen molar-refractivity contribution in [2.45, 2.75) is 46.5 Å². The number of nitrogens with zero attached hydrogens (tertiary/aromatic N) is 2. The molecular weight excluding hydrogens is 418 g/mol. The molecule has 4 rings (SSSR count). The number of amides is 1. The molecule has 0 saturated carbocycles. The number of aryl methyl sites for hydroxylation is 1. The van der Waals surface area contributed by atoms with Crippen molar-refractivity contribution in [2.75, 3.05) is 5.32 Å². The summed E-state index contributed by atoms with van der Waals surface area (Å²) < 4.78 is 0. The smallest absolute Gasteiger partial charge is 0.269 e. The number of nitro benzene ring substituents is 1. The number of nitrogens with one attached hydrogen (secondary N) is 1. The molecule has 0 saturated heterocycles. The van der Waals surface area contributed by atoms with Crippen LogP contribution >= 0.6 is 0 Å². The van der Waals surface area contributed by atoms with E-state index >= 15 is 0 Å². The Hall–Kier alpha value is -3.61. The maximum Gasteiger partial charge on any atom is 0.269 e. The van der Waals surface area contributed by atoms with E-state index in [0.717, 1.165) is 5.56 Å². The molecule has 33 heavy (non-hydrogen) atoms. The van der Waals surface area contributed by atoms with E-state index in [4.69, 9.17) is 4.99 Å². The van der Waals surface area contributed by atoms with Crippen LogP contribution in [0.1, 0.15) is 50.7 Å². The van der Waals surface area contributed by atoms with Crippen LogP contribution in [0.15, 0.2) is 64.8 Å². The number of carbonyl (C=O) groups excluding carboxylic acids is 2.